The summed E-state index contributed by atoms with van der Waals surface area (Å²) in [5.41, 5.74) is 0. The molecule has 0 saturated carbocycles. The Balaban J connectivity index is 4.39. The van der Waals surface area contributed by atoms with Crippen molar-refractivity contribution in [1.29, 1.82) is 0 Å². The average molecular weight is 288 g/mol. The molecule has 0 heterocycles. The van der Waals surface area contributed by atoms with Crippen LogP contribution < -0.4 is 0 Å². The van der Waals surface area contributed by atoms with Crippen LogP contribution in [0.2, 0.25) is 0 Å². The van der Waals surface area contributed by atoms with Gasteiger partial charge in [-0.2, -0.15) is 0 Å². The molecule has 0 unspecified atom stereocenters. The van der Waals surface area contributed by atoms with E-state index in [9.17, 15) is 0 Å². The van der Waals surface area contributed by atoms with Crippen molar-refractivity contribution in [3.8, 4) is 0 Å². The van der Waals surface area contributed by atoms with Crippen molar-refractivity contribution in [2.75, 3.05) is 26.4 Å². The Labute approximate surface area is 109 Å². The quantitative estimate of drug-likeness (QED) is 0.312. The minimum absolute atomic E-state index is 0.396. The molecule has 0 fully saturated rings. The predicted octanol–water partition coefficient (Wildman–Crippen LogP) is 2.59. The molecule has 0 spiro atoms. The van der Waals surface area contributed by atoms with Gasteiger partial charge in [0, 0.05) is 0 Å². The molecule has 0 saturated heterocycles. The van der Waals surface area contributed by atoms with E-state index >= 15 is 0 Å². The second-order valence-corrected chi connectivity index (χ2v) is 6.16. The Kier molecular flexibility index (Phi) is 11.9. The van der Waals surface area contributed by atoms with Gasteiger partial charge in [0.2, 0.25) is 0 Å². The number of hydrogen-bond donors (Lipinski definition) is 0. The molecule has 0 aromatic rings. The molecule has 7 heteroatoms. The summed E-state index contributed by atoms with van der Waals surface area (Å²) in [6, 6.07) is 0. The maximum atomic E-state index is 5.56. The van der Waals surface area contributed by atoms with Crippen molar-refractivity contribution in [2.24, 2.45) is 0 Å². The molecular formula is C10H24O6Ti. The molecule has 0 aliphatic heterocycles. The normalized spacial score (nSPS) is 12.0. The third kappa shape index (κ3) is 8.23. The zero-order valence-electron chi connectivity index (χ0n) is 11.2. The third-order valence-electron chi connectivity index (χ3n) is 1.52. The summed E-state index contributed by atoms with van der Waals surface area (Å²) in [5.74, 6) is 0. The van der Waals surface area contributed by atoms with E-state index in [0.717, 1.165) is 12.8 Å². The van der Waals surface area contributed by atoms with Gasteiger partial charge >= 0.3 is 108 Å². The van der Waals surface area contributed by atoms with Crippen LogP contribution in [0.3, 0.4) is 0 Å². The fourth-order valence-corrected chi connectivity index (χ4v) is 3.58. The van der Waals surface area contributed by atoms with Crippen molar-refractivity contribution in [3.05, 3.63) is 0 Å². The fraction of sp³-hybridized carbons (Fsp3) is 1.00. The first-order valence-corrected chi connectivity index (χ1v) is 8.68. The molecule has 0 atom stereocenters. The van der Waals surface area contributed by atoms with E-state index in [2.05, 4.69) is 0 Å². The molecule has 0 bridgehead atoms. The average Bonchev–Trinajstić information content (AvgIpc) is 2.37. The van der Waals surface area contributed by atoms with Gasteiger partial charge < -0.3 is 0 Å². The van der Waals surface area contributed by atoms with Gasteiger partial charge in [-0.25, -0.2) is 0 Å². The van der Waals surface area contributed by atoms with Crippen LogP contribution in [0.4, 0.5) is 0 Å². The number of rotatable bonds is 12. The molecular weight excluding hydrogens is 264 g/mol. The maximum absolute atomic E-state index is 5.56. The Morgan fingerprint density at radius 1 is 0.706 bits per heavy atom. The summed E-state index contributed by atoms with van der Waals surface area (Å²) in [5, 5.41) is 0. The molecule has 6 nitrogen and oxygen atoms in total. The summed E-state index contributed by atoms with van der Waals surface area (Å²) in [7, 11) is 0. The van der Waals surface area contributed by atoms with Gasteiger partial charge in [0.1, 0.15) is 0 Å². The van der Waals surface area contributed by atoms with Crippen molar-refractivity contribution < 1.29 is 41.5 Å². The zero-order valence-corrected chi connectivity index (χ0v) is 12.8. The molecule has 104 valence electrons. The Morgan fingerprint density at radius 3 is 1.41 bits per heavy atom. The second-order valence-electron chi connectivity index (χ2n) is 3.18. The zero-order chi connectivity index (χ0) is 13.0. The van der Waals surface area contributed by atoms with Gasteiger partial charge in [0.05, 0.1) is 0 Å². The van der Waals surface area contributed by atoms with E-state index in [1.165, 1.54) is 0 Å². The molecule has 0 radical (unpaired) electrons. The topological polar surface area (TPSA) is 55.4 Å². The van der Waals surface area contributed by atoms with Crippen molar-refractivity contribution in [3.63, 3.8) is 0 Å². The van der Waals surface area contributed by atoms with Crippen LogP contribution in [-0.4, -0.2) is 26.4 Å². The molecule has 17 heavy (non-hydrogen) atoms. The first kappa shape index (κ1) is 17.5. The van der Waals surface area contributed by atoms with Crippen LogP contribution in [0.25, 0.3) is 0 Å². The summed E-state index contributed by atoms with van der Waals surface area (Å²) >= 11 is -3.88. The van der Waals surface area contributed by atoms with Gasteiger partial charge in [0.15, 0.2) is 0 Å². The van der Waals surface area contributed by atoms with Gasteiger partial charge in [0.25, 0.3) is 0 Å². The van der Waals surface area contributed by atoms with Gasteiger partial charge in [-0.1, -0.05) is 0 Å². The van der Waals surface area contributed by atoms with E-state index < -0.39 is 18.1 Å². The molecule has 0 aromatic carbocycles. The molecule has 0 rings (SSSR count). The Hall–Kier alpha value is 0.474. The Morgan fingerprint density at radius 2 is 1.12 bits per heavy atom. The Bertz CT molecular complexity index is 131. The van der Waals surface area contributed by atoms with Gasteiger partial charge in [-0.05, 0) is 0 Å². The number of hydrogen-bond acceptors (Lipinski definition) is 6. The monoisotopic (exact) mass is 288 g/mol. The van der Waals surface area contributed by atoms with E-state index in [0.29, 0.717) is 26.4 Å². The van der Waals surface area contributed by atoms with Crippen LogP contribution >= 0.6 is 0 Å². The van der Waals surface area contributed by atoms with Crippen LogP contribution in [0.1, 0.15) is 40.5 Å². The van der Waals surface area contributed by atoms with Crippen LogP contribution in [0.5, 0.6) is 0 Å². The molecule has 0 aliphatic carbocycles. The molecule has 0 aromatic heterocycles. The molecule has 0 N–H and O–H groups in total. The van der Waals surface area contributed by atoms with E-state index in [1.54, 1.807) is 0 Å². The van der Waals surface area contributed by atoms with Gasteiger partial charge in [-0.15, -0.1) is 0 Å². The second kappa shape index (κ2) is 11.6. The minimum atomic E-state index is -3.88. The third-order valence-corrected chi connectivity index (χ3v) is 4.27. The molecule has 0 aliphatic rings. The van der Waals surface area contributed by atoms with Crippen molar-refractivity contribution in [2.45, 2.75) is 40.5 Å². The van der Waals surface area contributed by atoms with E-state index in [-0.39, 0.29) is 0 Å². The first-order valence-electron chi connectivity index (χ1n) is 6.13. The summed E-state index contributed by atoms with van der Waals surface area (Å²) in [6.45, 7) is 9.39. The fourth-order valence-electron chi connectivity index (χ4n) is 0.868. The SMILES string of the molecule is CCC[O][Ti]([O]CCC)([O]OCC)[O]OCC. The van der Waals surface area contributed by atoms with Crippen LogP contribution in [-0.2, 0) is 41.5 Å². The van der Waals surface area contributed by atoms with Crippen molar-refractivity contribution >= 4 is 0 Å². The summed E-state index contributed by atoms with van der Waals surface area (Å²) in [6.07, 6.45) is 1.68. The van der Waals surface area contributed by atoms with Crippen molar-refractivity contribution in [1.82, 2.24) is 0 Å². The predicted molar refractivity (Wildman–Crippen MR) is 57.9 cm³/mol. The van der Waals surface area contributed by atoms with Crippen LogP contribution in [0, 0.1) is 0 Å². The van der Waals surface area contributed by atoms with E-state index in [1.807, 2.05) is 27.7 Å². The first-order chi connectivity index (χ1) is 8.24. The summed E-state index contributed by atoms with van der Waals surface area (Å²) in [4.78, 5) is 9.84. The van der Waals surface area contributed by atoms with Crippen LogP contribution in [0.15, 0.2) is 0 Å². The summed E-state index contributed by atoms with van der Waals surface area (Å²) < 4.78 is 21.5. The van der Waals surface area contributed by atoms with Gasteiger partial charge in [-0.3, -0.25) is 0 Å². The molecule has 0 amide bonds. The standard InChI is InChI=1S/2C3H7O.2C2H6O2.Ti/c2*1-2-3-4;2*1-2-4-3;/h2*2-3H2,1H3;2*3H,2H2,1H3;/q2*-1;;;+4/p-2. The van der Waals surface area contributed by atoms with E-state index in [4.69, 9.17) is 23.4 Å².